The normalized spacial score (nSPS) is 10.1. The van der Waals surface area contributed by atoms with Crippen molar-refractivity contribution in [3.05, 3.63) is 17.7 Å². The van der Waals surface area contributed by atoms with Crippen molar-refractivity contribution >= 4 is 11.9 Å². The average Bonchev–Trinajstić information content (AvgIpc) is 2.73. The van der Waals surface area contributed by atoms with E-state index < -0.39 is 11.9 Å². The Morgan fingerprint density at radius 2 is 2.31 bits per heavy atom. The molecule has 16 heavy (non-hydrogen) atoms. The molecule has 1 aromatic heterocycles. The largest absolute Gasteiger partial charge is 0.477 e. The van der Waals surface area contributed by atoms with Crippen LogP contribution in [-0.4, -0.2) is 59.0 Å². The number of hydrogen-bond acceptors (Lipinski definition) is 4. The van der Waals surface area contributed by atoms with Gasteiger partial charge in [-0.05, 0) is 7.05 Å². The minimum absolute atomic E-state index is 0.0638. The van der Waals surface area contributed by atoms with Crippen LogP contribution in [0.5, 0.6) is 0 Å². The Hall–Kier alpha value is -1.89. The molecule has 7 nitrogen and oxygen atoms in total. The molecule has 0 saturated heterocycles. The zero-order valence-corrected chi connectivity index (χ0v) is 9.15. The molecule has 1 rings (SSSR count). The molecule has 0 saturated carbocycles. The first-order valence-electron chi connectivity index (χ1n) is 4.74. The van der Waals surface area contributed by atoms with Crippen LogP contribution >= 0.6 is 0 Å². The predicted molar refractivity (Wildman–Crippen MR) is 56.4 cm³/mol. The summed E-state index contributed by atoms with van der Waals surface area (Å²) in [5.41, 5.74) is -0.243. The molecule has 1 amide bonds. The highest BCUT2D eigenvalue weighted by Crippen LogP contribution is 2.05. The summed E-state index contributed by atoms with van der Waals surface area (Å²) in [4.78, 5) is 30.1. The number of aromatic amines is 1. The number of carbonyl (C=O) groups is 2. The van der Waals surface area contributed by atoms with Crippen molar-refractivity contribution in [3.63, 3.8) is 0 Å². The van der Waals surface area contributed by atoms with Gasteiger partial charge >= 0.3 is 5.97 Å². The van der Waals surface area contributed by atoms with E-state index in [9.17, 15) is 9.59 Å². The van der Waals surface area contributed by atoms with Crippen molar-refractivity contribution in [2.75, 3.05) is 27.2 Å². The number of nitrogens with zero attached hydrogens (tertiary/aromatic N) is 2. The van der Waals surface area contributed by atoms with Crippen molar-refractivity contribution in [2.24, 2.45) is 0 Å². The van der Waals surface area contributed by atoms with Crippen LogP contribution < -0.4 is 5.32 Å². The fraction of sp³-hybridized carbons (Fsp3) is 0.444. The molecule has 0 aliphatic carbocycles. The Kier molecular flexibility index (Phi) is 4.01. The number of amides is 1. The van der Waals surface area contributed by atoms with Crippen LogP contribution in [0.4, 0.5) is 0 Å². The highest BCUT2D eigenvalue weighted by atomic mass is 16.4. The lowest BCUT2D eigenvalue weighted by Gasteiger charge is -2.15. The van der Waals surface area contributed by atoms with Crippen LogP contribution in [0.1, 0.15) is 21.0 Å². The van der Waals surface area contributed by atoms with Gasteiger partial charge in [-0.1, -0.05) is 0 Å². The quantitative estimate of drug-likeness (QED) is 0.622. The molecule has 1 aromatic rings. The Bertz CT molecular complexity index is 388. The fourth-order valence-electron chi connectivity index (χ4n) is 1.18. The number of imidazole rings is 1. The van der Waals surface area contributed by atoms with Gasteiger partial charge in [-0.15, -0.1) is 0 Å². The number of rotatable bonds is 5. The summed E-state index contributed by atoms with van der Waals surface area (Å²) in [5.74, 6) is -1.60. The number of aromatic carboxylic acids is 1. The maximum atomic E-state index is 11.8. The first-order chi connectivity index (χ1) is 7.57. The van der Waals surface area contributed by atoms with Gasteiger partial charge in [-0.25, -0.2) is 9.78 Å². The average molecular weight is 226 g/mol. The number of nitrogens with one attached hydrogen (secondary N) is 2. The van der Waals surface area contributed by atoms with Gasteiger partial charge < -0.3 is 20.3 Å². The number of aromatic nitrogens is 2. The number of likely N-dealkylation sites (N-methyl/N-ethyl adjacent to an activating group) is 2. The molecule has 3 N–H and O–H groups in total. The number of carbonyl (C=O) groups excluding carboxylic acids is 1. The maximum Gasteiger partial charge on any atom is 0.354 e. The second-order valence-electron chi connectivity index (χ2n) is 3.26. The lowest BCUT2D eigenvalue weighted by Crippen LogP contribution is -2.33. The zero-order valence-electron chi connectivity index (χ0n) is 9.15. The molecule has 0 atom stereocenters. The third kappa shape index (κ3) is 2.57. The standard InChI is InChI=1S/C9H14N4O3/c1-10-3-4-13(2)8(14)6-7(9(15)16)12-5-11-6/h5,10H,3-4H2,1-2H3,(H,11,12)(H,15,16). The first kappa shape index (κ1) is 12.2. The predicted octanol–water partition coefficient (Wildman–Crippen LogP) is -0.601. The van der Waals surface area contributed by atoms with Gasteiger partial charge in [0.05, 0.1) is 6.33 Å². The van der Waals surface area contributed by atoms with Crippen LogP contribution in [0.3, 0.4) is 0 Å². The Morgan fingerprint density at radius 1 is 1.62 bits per heavy atom. The molecular formula is C9H14N4O3. The van der Waals surface area contributed by atoms with E-state index in [-0.39, 0.29) is 11.4 Å². The molecule has 0 spiro atoms. The van der Waals surface area contributed by atoms with Crippen LogP contribution in [0.25, 0.3) is 0 Å². The van der Waals surface area contributed by atoms with E-state index in [0.29, 0.717) is 13.1 Å². The third-order valence-electron chi connectivity index (χ3n) is 2.10. The van der Waals surface area contributed by atoms with Gasteiger partial charge in [0.15, 0.2) is 11.4 Å². The van der Waals surface area contributed by atoms with E-state index in [1.54, 1.807) is 14.1 Å². The van der Waals surface area contributed by atoms with Crippen LogP contribution in [0.15, 0.2) is 6.33 Å². The lowest BCUT2D eigenvalue weighted by atomic mass is 10.3. The summed E-state index contributed by atoms with van der Waals surface area (Å²) in [6, 6.07) is 0. The molecule has 7 heteroatoms. The topological polar surface area (TPSA) is 98.3 Å². The SMILES string of the molecule is CNCCN(C)C(=O)c1nc[nH]c1C(=O)O. The Labute approximate surface area is 92.5 Å². The molecule has 0 radical (unpaired) electrons. The Balaban J connectivity index is 2.79. The van der Waals surface area contributed by atoms with Crippen molar-refractivity contribution in [1.82, 2.24) is 20.2 Å². The molecule has 0 aliphatic rings. The van der Waals surface area contributed by atoms with Gasteiger partial charge in [0, 0.05) is 20.1 Å². The minimum Gasteiger partial charge on any atom is -0.477 e. The highest BCUT2D eigenvalue weighted by Gasteiger charge is 2.22. The molecular weight excluding hydrogens is 212 g/mol. The van der Waals surface area contributed by atoms with Gasteiger partial charge in [-0.2, -0.15) is 0 Å². The first-order valence-corrected chi connectivity index (χ1v) is 4.74. The maximum absolute atomic E-state index is 11.8. The zero-order chi connectivity index (χ0) is 12.1. The van der Waals surface area contributed by atoms with E-state index in [2.05, 4.69) is 15.3 Å². The third-order valence-corrected chi connectivity index (χ3v) is 2.10. The number of carboxylic acid groups (broad SMARTS) is 1. The second-order valence-corrected chi connectivity index (χ2v) is 3.26. The van der Waals surface area contributed by atoms with E-state index in [0.717, 1.165) is 0 Å². The molecule has 0 bridgehead atoms. The van der Waals surface area contributed by atoms with Crippen LogP contribution in [0.2, 0.25) is 0 Å². The van der Waals surface area contributed by atoms with Crippen molar-refractivity contribution < 1.29 is 14.7 Å². The number of H-pyrrole nitrogens is 1. The van der Waals surface area contributed by atoms with E-state index >= 15 is 0 Å². The van der Waals surface area contributed by atoms with E-state index in [4.69, 9.17) is 5.11 Å². The molecule has 0 unspecified atom stereocenters. The van der Waals surface area contributed by atoms with Crippen molar-refractivity contribution in [2.45, 2.75) is 0 Å². The van der Waals surface area contributed by atoms with E-state index in [1.807, 2.05) is 0 Å². The molecule has 0 aromatic carbocycles. The number of hydrogen-bond donors (Lipinski definition) is 3. The summed E-state index contributed by atoms with van der Waals surface area (Å²) in [7, 11) is 3.37. The molecule has 1 heterocycles. The van der Waals surface area contributed by atoms with Crippen molar-refractivity contribution in [3.8, 4) is 0 Å². The molecule has 0 fully saturated rings. The monoisotopic (exact) mass is 226 g/mol. The summed E-state index contributed by atoms with van der Waals surface area (Å²) in [6.07, 6.45) is 1.20. The highest BCUT2D eigenvalue weighted by molar-refractivity contribution is 6.02. The van der Waals surface area contributed by atoms with Crippen LogP contribution in [-0.2, 0) is 0 Å². The van der Waals surface area contributed by atoms with Crippen LogP contribution in [0, 0.1) is 0 Å². The summed E-state index contributed by atoms with van der Waals surface area (Å²) in [6.45, 7) is 1.12. The molecule has 88 valence electrons. The lowest BCUT2D eigenvalue weighted by molar-refractivity contribution is 0.0675. The van der Waals surface area contributed by atoms with Gasteiger partial charge in [0.1, 0.15) is 0 Å². The second kappa shape index (κ2) is 5.26. The smallest absolute Gasteiger partial charge is 0.354 e. The van der Waals surface area contributed by atoms with Gasteiger partial charge in [-0.3, -0.25) is 4.79 Å². The summed E-state index contributed by atoms with van der Waals surface area (Å²) < 4.78 is 0. The number of carboxylic acids is 1. The fourth-order valence-corrected chi connectivity index (χ4v) is 1.18. The summed E-state index contributed by atoms with van der Waals surface area (Å²) >= 11 is 0. The Morgan fingerprint density at radius 3 is 2.88 bits per heavy atom. The van der Waals surface area contributed by atoms with Crippen molar-refractivity contribution in [1.29, 1.82) is 0 Å². The van der Waals surface area contributed by atoms with E-state index in [1.165, 1.54) is 11.2 Å². The minimum atomic E-state index is -1.19. The summed E-state index contributed by atoms with van der Waals surface area (Å²) in [5, 5.41) is 11.7. The molecule has 0 aliphatic heterocycles. The van der Waals surface area contributed by atoms with Gasteiger partial charge in [0.25, 0.3) is 5.91 Å². The van der Waals surface area contributed by atoms with Gasteiger partial charge in [0.2, 0.25) is 0 Å².